The summed E-state index contributed by atoms with van der Waals surface area (Å²) in [6, 6.07) is 18.9. The lowest BCUT2D eigenvalue weighted by Gasteiger charge is -2.10. The Hall–Kier alpha value is -3.47. The second kappa shape index (κ2) is 6.44. The van der Waals surface area contributed by atoms with Crippen LogP contribution in [0.5, 0.6) is 0 Å². The Labute approximate surface area is 149 Å². The van der Waals surface area contributed by atoms with Gasteiger partial charge in [0.25, 0.3) is 5.91 Å². The molecule has 0 aliphatic carbocycles. The molecular weight excluding hydrogens is 331 g/mol. The van der Waals surface area contributed by atoms with E-state index in [4.69, 9.17) is 4.42 Å². The van der Waals surface area contributed by atoms with Gasteiger partial charge in [0.1, 0.15) is 17.3 Å². The van der Waals surface area contributed by atoms with Crippen molar-refractivity contribution in [2.45, 2.75) is 6.92 Å². The van der Waals surface area contributed by atoms with Crippen LogP contribution in [0.4, 0.5) is 10.1 Å². The zero-order valence-corrected chi connectivity index (χ0v) is 14.0. The molecule has 0 unspecified atom stereocenters. The molecule has 0 atom stereocenters. The van der Waals surface area contributed by atoms with Crippen LogP contribution >= 0.6 is 0 Å². The van der Waals surface area contributed by atoms with Gasteiger partial charge in [-0.15, -0.1) is 0 Å². The van der Waals surface area contributed by atoms with E-state index in [9.17, 15) is 9.18 Å². The van der Waals surface area contributed by atoms with Crippen LogP contribution in [-0.4, -0.2) is 11.6 Å². The van der Waals surface area contributed by atoms with Gasteiger partial charge >= 0.3 is 0 Å². The molecule has 0 bridgehead atoms. The SMILES string of the molecule is CC1=NN(c2ccccc2)C(=O)/C1=C/c1ccc(-c2ccc(F)cc2)o1. The lowest BCUT2D eigenvalue weighted by atomic mass is 10.1. The molecule has 0 spiro atoms. The van der Waals surface area contributed by atoms with E-state index in [0.717, 1.165) is 5.56 Å². The van der Waals surface area contributed by atoms with Crippen molar-refractivity contribution in [1.82, 2.24) is 0 Å². The van der Waals surface area contributed by atoms with Gasteiger partial charge in [-0.25, -0.2) is 4.39 Å². The van der Waals surface area contributed by atoms with Gasteiger partial charge in [-0.1, -0.05) is 18.2 Å². The normalized spacial score (nSPS) is 15.6. The number of hydrazone groups is 1. The summed E-state index contributed by atoms with van der Waals surface area (Å²) in [5, 5.41) is 5.72. The van der Waals surface area contributed by atoms with Crippen LogP contribution in [0.3, 0.4) is 0 Å². The topological polar surface area (TPSA) is 45.8 Å². The summed E-state index contributed by atoms with van der Waals surface area (Å²) in [7, 11) is 0. The Bertz CT molecular complexity index is 1020. The molecule has 1 aromatic heterocycles. The van der Waals surface area contributed by atoms with Gasteiger partial charge in [-0.05, 0) is 61.5 Å². The van der Waals surface area contributed by atoms with E-state index in [1.807, 2.05) is 30.3 Å². The third-order valence-electron chi connectivity index (χ3n) is 4.11. The smallest absolute Gasteiger partial charge is 0.280 e. The molecule has 2 heterocycles. The van der Waals surface area contributed by atoms with E-state index >= 15 is 0 Å². The van der Waals surface area contributed by atoms with Gasteiger partial charge in [-0.2, -0.15) is 10.1 Å². The number of halogens is 1. The summed E-state index contributed by atoms with van der Waals surface area (Å²) < 4.78 is 18.8. The van der Waals surface area contributed by atoms with E-state index in [1.165, 1.54) is 17.1 Å². The average Bonchev–Trinajstić information content (AvgIpc) is 3.23. The maximum Gasteiger partial charge on any atom is 0.280 e. The minimum atomic E-state index is -0.299. The van der Waals surface area contributed by atoms with E-state index in [1.54, 1.807) is 37.3 Å². The highest BCUT2D eigenvalue weighted by atomic mass is 19.1. The van der Waals surface area contributed by atoms with Crippen molar-refractivity contribution >= 4 is 23.4 Å². The molecule has 1 aliphatic heterocycles. The first-order valence-corrected chi connectivity index (χ1v) is 8.14. The van der Waals surface area contributed by atoms with Crippen molar-refractivity contribution < 1.29 is 13.6 Å². The maximum atomic E-state index is 13.0. The molecule has 0 N–H and O–H groups in total. The van der Waals surface area contributed by atoms with E-state index in [2.05, 4.69) is 5.10 Å². The predicted molar refractivity (Wildman–Crippen MR) is 99.1 cm³/mol. The number of rotatable bonds is 3. The molecule has 0 radical (unpaired) electrons. The van der Waals surface area contributed by atoms with Crippen LogP contribution in [0.25, 0.3) is 17.4 Å². The predicted octanol–water partition coefficient (Wildman–Crippen LogP) is 4.89. The van der Waals surface area contributed by atoms with Crippen molar-refractivity contribution in [2.24, 2.45) is 5.10 Å². The largest absolute Gasteiger partial charge is 0.457 e. The van der Waals surface area contributed by atoms with Crippen LogP contribution in [-0.2, 0) is 4.79 Å². The fourth-order valence-corrected chi connectivity index (χ4v) is 2.77. The van der Waals surface area contributed by atoms with Gasteiger partial charge in [0, 0.05) is 5.56 Å². The Kier molecular flexibility index (Phi) is 3.97. The lowest BCUT2D eigenvalue weighted by molar-refractivity contribution is -0.114. The zero-order chi connectivity index (χ0) is 18.1. The number of furan rings is 1. The van der Waals surface area contributed by atoms with Gasteiger partial charge in [-0.3, -0.25) is 4.79 Å². The summed E-state index contributed by atoms with van der Waals surface area (Å²) in [6.45, 7) is 1.79. The molecule has 3 aromatic rings. The molecule has 1 aliphatic rings. The fraction of sp³-hybridized carbons (Fsp3) is 0.0476. The standard InChI is InChI=1S/C21H15FN2O2/c1-14-19(21(25)24(23-14)17-5-3-2-4-6-17)13-18-11-12-20(26-18)15-7-9-16(22)10-8-15/h2-13H,1H3/b19-13+. The average molecular weight is 346 g/mol. The zero-order valence-electron chi connectivity index (χ0n) is 14.0. The van der Waals surface area contributed by atoms with Gasteiger partial charge in [0.15, 0.2) is 0 Å². The van der Waals surface area contributed by atoms with Gasteiger partial charge in [0.05, 0.1) is 17.0 Å². The Morgan fingerprint density at radius 3 is 2.46 bits per heavy atom. The summed E-state index contributed by atoms with van der Waals surface area (Å²) in [6.07, 6.45) is 1.68. The molecule has 5 heteroatoms. The van der Waals surface area contributed by atoms with E-state index in [0.29, 0.717) is 28.5 Å². The highest BCUT2D eigenvalue weighted by Gasteiger charge is 2.28. The monoisotopic (exact) mass is 346 g/mol. The molecular formula is C21H15FN2O2. The summed E-state index contributed by atoms with van der Waals surface area (Å²) in [4.78, 5) is 12.7. The summed E-state index contributed by atoms with van der Waals surface area (Å²) in [5.41, 5.74) is 2.59. The molecule has 0 fully saturated rings. The molecule has 1 amide bonds. The summed E-state index contributed by atoms with van der Waals surface area (Å²) in [5.74, 6) is 0.648. The Balaban J connectivity index is 1.62. The number of benzene rings is 2. The number of para-hydroxylation sites is 1. The summed E-state index contributed by atoms with van der Waals surface area (Å²) >= 11 is 0. The quantitative estimate of drug-likeness (QED) is 0.634. The van der Waals surface area contributed by atoms with Crippen LogP contribution in [0, 0.1) is 5.82 Å². The Morgan fingerprint density at radius 1 is 1.00 bits per heavy atom. The molecule has 4 rings (SSSR count). The van der Waals surface area contributed by atoms with Crippen LogP contribution in [0.1, 0.15) is 12.7 Å². The molecule has 26 heavy (non-hydrogen) atoms. The van der Waals surface area contributed by atoms with Gasteiger partial charge < -0.3 is 4.42 Å². The minimum Gasteiger partial charge on any atom is -0.457 e. The first-order chi connectivity index (χ1) is 12.6. The number of carbonyl (C=O) groups excluding carboxylic acids is 1. The van der Waals surface area contributed by atoms with Crippen molar-refractivity contribution in [1.29, 1.82) is 0 Å². The van der Waals surface area contributed by atoms with Crippen LogP contribution < -0.4 is 5.01 Å². The van der Waals surface area contributed by atoms with Crippen LogP contribution in [0.15, 0.2) is 81.8 Å². The van der Waals surface area contributed by atoms with Crippen molar-refractivity contribution in [3.63, 3.8) is 0 Å². The number of hydrogen-bond donors (Lipinski definition) is 0. The van der Waals surface area contributed by atoms with E-state index < -0.39 is 0 Å². The molecule has 4 nitrogen and oxygen atoms in total. The first kappa shape index (κ1) is 16.0. The van der Waals surface area contributed by atoms with Gasteiger partial charge in [0.2, 0.25) is 0 Å². The highest BCUT2D eigenvalue weighted by molar-refractivity contribution is 6.32. The Morgan fingerprint density at radius 2 is 1.73 bits per heavy atom. The second-order valence-electron chi connectivity index (χ2n) is 5.90. The van der Waals surface area contributed by atoms with Crippen LogP contribution in [0.2, 0.25) is 0 Å². The van der Waals surface area contributed by atoms with Crippen molar-refractivity contribution in [3.05, 3.63) is 83.9 Å². The van der Waals surface area contributed by atoms with E-state index in [-0.39, 0.29) is 11.7 Å². The number of carbonyl (C=O) groups is 1. The number of anilines is 1. The number of nitrogens with zero attached hydrogens (tertiary/aromatic N) is 2. The fourth-order valence-electron chi connectivity index (χ4n) is 2.77. The highest BCUT2D eigenvalue weighted by Crippen LogP contribution is 2.27. The number of amides is 1. The third-order valence-corrected chi connectivity index (χ3v) is 4.11. The third kappa shape index (κ3) is 2.95. The molecule has 0 saturated heterocycles. The molecule has 0 saturated carbocycles. The lowest BCUT2D eigenvalue weighted by Crippen LogP contribution is -2.21. The molecule has 128 valence electrons. The van der Waals surface area contributed by atoms with Crippen molar-refractivity contribution in [3.8, 4) is 11.3 Å². The maximum absolute atomic E-state index is 13.0. The van der Waals surface area contributed by atoms with Crippen molar-refractivity contribution in [2.75, 3.05) is 5.01 Å². The minimum absolute atomic E-state index is 0.201. The molecule has 2 aromatic carbocycles. The number of hydrogen-bond acceptors (Lipinski definition) is 3. The second-order valence-corrected chi connectivity index (χ2v) is 5.90. The first-order valence-electron chi connectivity index (χ1n) is 8.14.